The molecule has 3 aromatic rings. The van der Waals surface area contributed by atoms with Crippen molar-refractivity contribution >= 4 is 24.2 Å². The fourth-order valence-corrected chi connectivity index (χ4v) is 3.87. The van der Waals surface area contributed by atoms with Gasteiger partial charge >= 0.3 is 0 Å². The molecule has 0 aromatic heterocycles. The SMILES string of the molecule is NC(=O)c1cc(-c2ccccc2)cc(-c2ccc(S)cc2)c1N.NCCN1CCCC1. The fourth-order valence-electron chi connectivity index (χ4n) is 3.72. The number of carbonyl (C=O) groups excluding carboxylic acids is 1. The first kappa shape index (κ1) is 22.9. The zero-order chi connectivity index (χ0) is 22.2. The summed E-state index contributed by atoms with van der Waals surface area (Å²) in [4.78, 5) is 15.1. The van der Waals surface area contributed by atoms with E-state index in [1.165, 1.54) is 25.9 Å². The number of primary amides is 1. The first-order valence-corrected chi connectivity index (χ1v) is 10.9. The van der Waals surface area contributed by atoms with Crippen molar-refractivity contribution in [3.63, 3.8) is 0 Å². The van der Waals surface area contributed by atoms with Gasteiger partial charge in [-0.05, 0) is 66.9 Å². The van der Waals surface area contributed by atoms with E-state index in [-0.39, 0.29) is 0 Å². The molecule has 1 fully saturated rings. The third kappa shape index (κ3) is 6.10. The molecule has 1 amide bonds. The smallest absolute Gasteiger partial charge is 0.250 e. The third-order valence-corrected chi connectivity index (χ3v) is 5.67. The Kier molecular flexibility index (Phi) is 8.12. The Morgan fingerprint density at radius 3 is 2.13 bits per heavy atom. The molecule has 0 saturated carbocycles. The van der Waals surface area contributed by atoms with Crippen LogP contribution in [-0.4, -0.2) is 37.0 Å². The van der Waals surface area contributed by atoms with Gasteiger partial charge in [0.1, 0.15) is 0 Å². The number of hydrogen-bond acceptors (Lipinski definition) is 5. The Labute approximate surface area is 189 Å². The second-order valence-corrected chi connectivity index (χ2v) is 8.12. The molecule has 6 heteroatoms. The van der Waals surface area contributed by atoms with Crippen LogP contribution in [0.25, 0.3) is 22.3 Å². The Hall–Kier alpha value is -2.80. The maximum atomic E-state index is 11.8. The Bertz CT molecular complexity index is 1000. The number of rotatable bonds is 5. The summed E-state index contributed by atoms with van der Waals surface area (Å²) in [6.45, 7) is 4.47. The van der Waals surface area contributed by atoms with Crippen molar-refractivity contribution in [1.82, 2.24) is 4.90 Å². The van der Waals surface area contributed by atoms with Gasteiger partial charge < -0.3 is 22.1 Å². The molecular weight excluding hydrogens is 404 g/mol. The topological polar surface area (TPSA) is 98.4 Å². The molecule has 31 heavy (non-hydrogen) atoms. The lowest BCUT2D eigenvalue weighted by molar-refractivity contribution is 0.100. The number of anilines is 1. The maximum absolute atomic E-state index is 11.8. The van der Waals surface area contributed by atoms with Crippen LogP contribution in [0, 0.1) is 0 Å². The molecule has 0 atom stereocenters. The average Bonchev–Trinajstić information content (AvgIpc) is 3.29. The first-order chi connectivity index (χ1) is 15.0. The summed E-state index contributed by atoms with van der Waals surface area (Å²) in [5.74, 6) is -0.535. The van der Waals surface area contributed by atoms with Crippen LogP contribution in [0.4, 0.5) is 5.69 Å². The number of thiol groups is 1. The highest BCUT2D eigenvalue weighted by molar-refractivity contribution is 7.80. The van der Waals surface area contributed by atoms with Gasteiger partial charge in [0.05, 0.1) is 11.3 Å². The van der Waals surface area contributed by atoms with Crippen molar-refractivity contribution in [3.8, 4) is 22.3 Å². The molecule has 3 aromatic carbocycles. The lowest BCUT2D eigenvalue weighted by Gasteiger charge is -2.13. The molecule has 0 unspecified atom stereocenters. The van der Waals surface area contributed by atoms with Gasteiger partial charge in [-0.15, -0.1) is 12.6 Å². The number of nitrogens with two attached hydrogens (primary N) is 3. The highest BCUT2D eigenvalue weighted by Gasteiger charge is 2.14. The highest BCUT2D eigenvalue weighted by atomic mass is 32.1. The quantitative estimate of drug-likeness (QED) is 0.360. The Morgan fingerprint density at radius 2 is 1.55 bits per heavy atom. The van der Waals surface area contributed by atoms with Crippen LogP contribution < -0.4 is 17.2 Å². The minimum Gasteiger partial charge on any atom is -0.398 e. The maximum Gasteiger partial charge on any atom is 0.250 e. The fraction of sp³-hybridized carbons (Fsp3) is 0.240. The molecule has 0 radical (unpaired) electrons. The number of nitrogen functional groups attached to an aromatic ring is 1. The molecule has 0 spiro atoms. The molecule has 1 saturated heterocycles. The van der Waals surface area contributed by atoms with Crippen LogP contribution in [0.2, 0.25) is 0 Å². The minimum atomic E-state index is -0.535. The van der Waals surface area contributed by atoms with E-state index in [9.17, 15) is 4.79 Å². The van der Waals surface area contributed by atoms with Gasteiger partial charge in [0.2, 0.25) is 0 Å². The average molecular weight is 435 g/mol. The van der Waals surface area contributed by atoms with Crippen molar-refractivity contribution in [2.24, 2.45) is 11.5 Å². The summed E-state index contributed by atoms with van der Waals surface area (Å²) in [6, 6.07) is 21.1. The van der Waals surface area contributed by atoms with E-state index >= 15 is 0 Å². The lowest BCUT2D eigenvalue weighted by Crippen LogP contribution is -2.26. The van der Waals surface area contributed by atoms with Gasteiger partial charge in [-0.2, -0.15) is 0 Å². The molecule has 1 heterocycles. The number of hydrogen-bond donors (Lipinski definition) is 4. The Balaban J connectivity index is 0.000000287. The third-order valence-electron chi connectivity index (χ3n) is 5.37. The van der Waals surface area contributed by atoms with Gasteiger partial charge in [0.15, 0.2) is 0 Å². The summed E-state index contributed by atoms with van der Waals surface area (Å²) < 4.78 is 0. The number of amides is 1. The van der Waals surface area contributed by atoms with Crippen LogP contribution in [-0.2, 0) is 0 Å². The molecule has 162 valence electrons. The van der Waals surface area contributed by atoms with Gasteiger partial charge in [-0.1, -0.05) is 42.5 Å². The number of nitrogens with zero attached hydrogens (tertiary/aromatic N) is 1. The van der Waals surface area contributed by atoms with E-state index in [0.717, 1.165) is 40.2 Å². The van der Waals surface area contributed by atoms with Crippen LogP contribution in [0.1, 0.15) is 23.2 Å². The van der Waals surface area contributed by atoms with E-state index in [1.807, 2.05) is 60.7 Å². The van der Waals surface area contributed by atoms with Crippen LogP contribution in [0.5, 0.6) is 0 Å². The van der Waals surface area contributed by atoms with E-state index in [2.05, 4.69) is 17.5 Å². The summed E-state index contributed by atoms with van der Waals surface area (Å²) in [7, 11) is 0. The van der Waals surface area contributed by atoms with Crippen LogP contribution >= 0.6 is 12.6 Å². The summed E-state index contributed by atoms with van der Waals surface area (Å²) in [6.07, 6.45) is 2.75. The lowest BCUT2D eigenvalue weighted by atomic mass is 9.94. The largest absolute Gasteiger partial charge is 0.398 e. The van der Waals surface area contributed by atoms with E-state index in [0.29, 0.717) is 11.3 Å². The predicted molar refractivity (Wildman–Crippen MR) is 132 cm³/mol. The molecule has 0 aliphatic carbocycles. The molecule has 1 aliphatic heterocycles. The molecule has 5 nitrogen and oxygen atoms in total. The standard InChI is InChI=1S/C19H16N2OS.C6H14N2/c20-18-16(13-6-8-15(23)9-7-13)10-14(11-17(18)19(21)22)12-4-2-1-3-5-12;7-3-6-8-4-1-2-5-8/h1-11,23H,20H2,(H2,21,22);1-7H2. The van der Waals surface area contributed by atoms with E-state index in [4.69, 9.17) is 17.2 Å². The van der Waals surface area contributed by atoms with Crippen LogP contribution in [0.15, 0.2) is 71.6 Å². The number of benzene rings is 3. The van der Waals surface area contributed by atoms with Crippen LogP contribution in [0.3, 0.4) is 0 Å². The summed E-state index contributed by atoms with van der Waals surface area (Å²) >= 11 is 4.30. The zero-order valence-corrected chi connectivity index (χ0v) is 18.5. The minimum absolute atomic E-state index is 0.330. The van der Waals surface area contributed by atoms with E-state index < -0.39 is 5.91 Å². The predicted octanol–water partition coefficient (Wildman–Crippen LogP) is 4.03. The summed E-state index contributed by atoms with van der Waals surface area (Å²) in [5.41, 5.74) is 21.4. The number of likely N-dealkylation sites (tertiary alicyclic amines) is 1. The molecule has 0 bridgehead atoms. The van der Waals surface area contributed by atoms with Gasteiger partial charge in [0.25, 0.3) is 5.91 Å². The van der Waals surface area contributed by atoms with Gasteiger partial charge in [0, 0.05) is 23.5 Å². The van der Waals surface area contributed by atoms with Crippen molar-refractivity contribution < 1.29 is 4.79 Å². The zero-order valence-electron chi connectivity index (χ0n) is 17.6. The number of carbonyl (C=O) groups is 1. The van der Waals surface area contributed by atoms with Crippen molar-refractivity contribution in [2.45, 2.75) is 17.7 Å². The molecule has 4 rings (SSSR count). The molecule has 1 aliphatic rings. The first-order valence-electron chi connectivity index (χ1n) is 10.5. The second-order valence-electron chi connectivity index (χ2n) is 7.60. The van der Waals surface area contributed by atoms with Crippen molar-refractivity contribution in [1.29, 1.82) is 0 Å². The normalized spacial score (nSPS) is 13.5. The van der Waals surface area contributed by atoms with E-state index in [1.54, 1.807) is 6.07 Å². The van der Waals surface area contributed by atoms with Crippen molar-refractivity contribution in [3.05, 3.63) is 72.3 Å². The summed E-state index contributed by atoms with van der Waals surface area (Å²) in [5, 5.41) is 0. The van der Waals surface area contributed by atoms with Gasteiger partial charge in [-0.3, -0.25) is 4.79 Å². The molecular formula is C25H30N4OS. The Morgan fingerprint density at radius 1 is 0.903 bits per heavy atom. The van der Waals surface area contributed by atoms with Gasteiger partial charge in [-0.25, -0.2) is 0 Å². The molecule has 6 N–H and O–H groups in total. The monoisotopic (exact) mass is 434 g/mol. The highest BCUT2D eigenvalue weighted by Crippen LogP contribution is 2.34. The second kappa shape index (κ2) is 11.0. The van der Waals surface area contributed by atoms with Crippen molar-refractivity contribution in [2.75, 3.05) is 31.9 Å².